The van der Waals surface area contributed by atoms with Gasteiger partial charge in [0.2, 0.25) is 5.95 Å². The van der Waals surface area contributed by atoms with E-state index in [-0.39, 0.29) is 18.5 Å². The summed E-state index contributed by atoms with van der Waals surface area (Å²) in [7, 11) is -0.144. The molecule has 2 N–H and O–H groups in total. The van der Waals surface area contributed by atoms with E-state index in [1.807, 2.05) is 20.2 Å². The van der Waals surface area contributed by atoms with Gasteiger partial charge in [0.25, 0.3) is 11.5 Å². The summed E-state index contributed by atoms with van der Waals surface area (Å²) < 4.78 is 23.7. The molecule has 3 rings (SSSR count). The molecule has 0 aliphatic carbocycles. The summed E-state index contributed by atoms with van der Waals surface area (Å²) in [6, 6.07) is 7.09. The van der Waals surface area contributed by atoms with E-state index in [0.717, 1.165) is 17.4 Å². The van der Waals surface area contributed by atoms with Crippen LogP contribution in [0.2, 0.25) is 0 Å². The van der Waals surface area contributed by atoms with Crippen LogP contribution in [0, 0.1) is 0 Å². The lowest BCUT2D eigenvalue weighted by molar-refractivity contribution is -0.131. The van der Waals surface area contributed by atoms with Crippen LogP contribution in [0.5, 0.6) is 0 Å². The highest BCUT2D eigenvalue weighted by atomic mass is 32.2. The Balaban J connectivity index is 1.92. The monoisotopic (exact) mass is 459 g/mol. The summed E-state index contributed by atoms with van der Waals surface area (Å²) in [4.78, 5) is 35.3. The molecular weight excluding hydrogens is 434 g/mol. The molecule has 0 aliphatic heterocycles. The number of rotatable bonds is 7. The number of anilines is 1. The van der Waals surface area contributed by atoms with Gasteiger partial charge in [-0.15, -0.1) is 0 Å². The maximum Gasteiger partial charge on any atom is 0.264 e. The van der Waals surface area contributed by atoms with E-state index >= 15 is 0 Å². The van der Waals surface area contributed by atoms with Crippen molar-refractivity contribution in [2.45, 2.75) is 24.6 Å². The van der Waals surface area contributed by atoms with Crippen LogP contribution in [0.25, 0.3) is 21.9 Å². The number of carbonyl (C=O) groups excluding carboxylic acids is 1. The predicted octanol–water partition coefficient (Wildman–Crippen LogP) is 1.22. The summed E-state index contributed by atoms with van der Waals surface area (Å²) in [6.45, 7) is 1.20. The molecule has 0 radical (unpaired) electrons. The van der Waals surface area contributed by atoms with E-state index in [0.29, 0.717) is 16.7 Å². The van der Waals surface area contributed by atoms with Crippen LogP contribution in [0.3, 0.4) is 0 Å². The molecule has 10 nitrogen and oxygen atoms in total. The van der Waals surface area contributed by atoms with Crippen LogP contribution in [-0.2, 0) is 21.2 Å². The molecule has 170 valence electrons. The zero-order valence-corrected chi connectivity index (χ0v) is 19.0. The first-order valence-corrected chi connectivity index (χ1v) is 11.6. The molecular formula is C21H25N5O5S. The Morgan fingerprint density at radius 2 is 1.84 bits per heavy atom. The van der Waals surface area contributed by atoms with Gasteiger partial charge in [0.05, 0.1) is 0 Å². The van der Waals surface area contributed by atoms with E-state index in [1.54, 1.807) is 41.7 Å². The fourth-order valence-corrected chi connectivity index (χ4v) is 4.11. The Bertz CT molecular complexity index is 1320. The molecule has 32 heavy (non-hydrogen) atoms. The highest BCUT2D eigenvalue weighted by molar-refractivity contribution is 7.92. The van der Waals surface area contributed by atoms with E-state index in [9.17, 15) is 18.0 Å². The van der Waals surface area contributed by atoms with Gasteiger partial charge < -0.3 is 9.47 Å². The van der Waals surface area contributed by atoms with Gasteiger partial charge in [0, 0.05) is 56.4 Å². The molecule has 0 fully saturated rings. The molecule has 2 heterocycles. The number of nitrogens with zero attached hydrogens (tertiary/aromatic N) is 4. The van der Waals surface area contributed by atoms with Crippen LogP contribution in [0.1, 0.15) is 13.3 Å². The lowest BCUT2D eigenvalue weighted by Gasteiger charge is -2.25. The number of hydroxylamine groups is 1. The highest BCUT2D eigenvalue weighted by Crippen LogP contribution is 2.24. The Labute approximate surface area is 185 Å². The van der Waals surface area contributed by atoms with Gasteiger partial charge >= 0.3 is 0 Å². The fraction of sp³-hybridized carbons (Fsp3) is 0.333. The first-order valence-electron chi connectivity index (χ1n) is 9.75. The van der Waals surface area contributed by atoms with Crippen molar-refractivity contribution in [2.24, 2.45) is 0 Å². The molecule has 1 amide bonds. The number of amides is 1. The third kappa shape index (κ3) is 4.34. The molecule has 1 atom stereocenters. The van der Waals surface area contributed by atoms with E-state index < -0.39 is 20.5 Å². The zero-order chi connectivity index (χ0) is 23.7. The zero-order valence-electron chi connectivity index (χ0n) is 18.2. The number of nitrogens with one attached hydrogen (secondary N) is 1. The van der Waals surface area contributed by atoms with Crippen molar-refractivity contribution in [3.63, 3.8) is 0 Å². The molecule has 3 aromatic rings. The molecule has 0 unspecified atom stereocenters. The third-order valence-electron chi connectivity index (χ3n) is 5.58. The lowest BCUT2D eigenvalue weighted by Crippen LogP contribution is -2.49. The number of sulfone groups is 1. The second kappa shape index (κ2) is 8.67. The normalized spacial score (nSPS) is 13.5. The van der Waals surface area contributed by atoms with Gasteiger partial charge in [0.1, 0.15) is 0 Å². The topological polar surface area (TPSA) is 134 Å². The van der Waals surface area contributed by atoms with Crippen molar-refractivity contribution >= 4 is 32.5 Å². The molecule has 2 aromatic heterocycles. The quantitative estimate of drug-likeness (QED) is 0.398. The predicted molar refractivity (Wildman–Crippen MR) is 121 cm³/mol. The smallest absolute Gasteiger partial charge is 0.264 e. The Morgan fingerprint density at radius 1 is 1.19 bits per heavy atom. The standard InChI is InChI=1S/C21H25N5O5S/c1-21(19(28)24-29,32(4,30)31)8-10-26-9-7-15-11-14(5-6-17(15)18(26)27)16-12-22-20(23-13-16)25(2)3/h5-7,9,11-13,29H,8,10H2,1-4H3,(H,24,28)/t21-/m0/s1. The van der Waals surface area contributed by atoms with Crippen molar-refractivity contribution < 1.29 is 18.4 Å². The van der Waals surface area contributed by atoms with Crippen LogP contribution in [-0.4, -0.2) is 59.2 Å². The maximum absolute atomic E-state index is 12.9. The van der Waals surface area contributed by atoms with Gasteiger partial charge in [-0.2, -0.15) is 0 Å². The Kier molecular flexibility index (Phi) is 6.33. The number of aromatic nitrogens is 3. The van der Waals surface area contributed by atoms with Gasteiger partial charge in [-0.1, -0.05) is 6.07 Å². The van der Waals surface area contributed by atoms with Crippen molar-refractivity contribution in [3.8, 4) is 11.1 Å². The molecule has 0 saturated heterocycles. The average molecular weight is 460 g/mol. The van der Waals surface area contributed by atoms with Crippen LogP contribution in [0.15, 0.2) is 47.7 Å². The number of aryl methyl sites for hydroxylation is 1. The SMILES string of the molecule is CN(C)c1ncc(-c2ccc3c(=O)n(CC[C@@](C)(C(=O)NO)S(C)(=O)=O)ccc3c2)cn1. The van der Waals surface area contributed by atoms with Crippen LogP contribution in [0.4, 0.5) is 5.95 Å². The second-order valence-electron chi connectivity index (χ2n) is 7.98. The molecule has 0 saturated carbocycles. The fourth-order valence-electron chi connectivity index (χ4n) is 3.26. The maximum atomic E-state index is 12.9. The first-order chi connectivity index (χ1) is 15.0. The number of benzene rings is 1. The van der Waals surface area contributed by atoms with Crippen molar-refractivity contribution in [2.75, 3.05) is 25.3 Å². The number of fused-ring (bicyclic) bond motifs is 1. The summed E-state index contributed by atoms with van der Waals surface area (Å²) in [5.41, 5.74) is 2.75. The summed E-state index contributed by atoms with van der Waals surface area (Å²) in [5, 5.41) is 10.1. The Morgan fingerprint density at radius 3 is 2.41 bits per heavy atom. The lowest BCUT2D eigenvalue weighted by atomic mass is 10.0. The highest BCUT2D eigenvalue weighted by Gasteiger charge is 2.43. The number of hydrogen-bond donors (Lipinski definition) is 2. The summed E-state index contributed by atoms with van der Waals surface area (Å²) in [6.07, 6.45) is 5.71. The summed E-state index contributed by atoms with van der Waals surface area (Å²) >= 11 is 0. The van der Waals surface area contributed by atoms with Gasteiger partial charge in [-0.3, -0.25) is 14.8 Å². The molecule has 0 aliphatic rings. The minimum atomic E-state index is -3.85. The number of hydrogen-bond acceptors (Lipinski definition) is 8. The van der Waals surface area contributed by atoms with E-state index in [1.165, 1.54) is 17.0 Å². The van der Waals surface area contributed by atoms with Gasteiger partial charge in [-0.05, 0) is 42.5 Å². The van der Waals surface area contributed by atoms with Crippen LogP contribution < -0.4 is 15.9 Å². The van der Waals surface area contributed by atoms with Crippen molar-refractivity contribution in [1.82, 2.24) is 20.0 Å². The third-order valence-corrected chi connectivity index (χ3v) is 7.60. The molecule has 1 aromatic carbocycles. The molecule has 0 bridgehead atoms. The summed E-state index contributed by atoms with van der Waals surface area (Å²) in [5.74, 6) is -0.450. The Hall–Kier alpha value is -3.31. The van der Waals surface area contributed by atoms with Gasteiger partial charge in [0.15, 0.2) is 14.6 Å². The van der Waals surface area contributed by atoms with Crippen LogP contribution >= 0.6 is 0 Å². The minimum Gasteiger partial charge on any atom is -0.347 e. The van der Waals surface area contributed by atoms with Crippen molar-refractivity contribution in [1.29, 1.82) is 0 Å². The minimum absolute atomic E-state index is 0.0205. The molecule has 11 heteroatoms. The number of pyridine rings is 1. The first kappa shape index (κ1) is 23.4. The van der Waals surface area contributed by atoms with E-state index in [4.69, 9.17) is 5.21 Å². The second-order valence-corrected chi connectivity index (χ2v) is 10.4. The van der Waals surface area contributed by atoms with Gasteiger partial charge in [-0.25, -0.2) is 23.9 Å². The van der Waals surface area contributed by atoms with E-state index in [2.05, 4.69) is 9.97 Å². The molecule has 0 spiro atoms. The average Bonchev–Trinajstić information content (AvgIpc) is 2.76. The number of carbonyl (C=O) groups is 1. The van der Waals surface area contributed by atoms with Crippen molar-refractivity contribution in [3.05, 3.63) is 53.2 Å². The largest absolute Gasteiger partial charge is 0.347 e.